The second kappa shape index (κ2) is 8.31. The van der Waals surface area contributed by atoms with Gasteiger partial charge in [-0.05, 0) is 36.2 Å². The van der Waals surface area contributed by atoms with Gasteiger partial charge in [0.25, 0.3) is 0 Å². The molecule has 136 valence electrons. The summed E-state index contributed by atoms with van der Waals surface area (Å²) < 4.78 is 27.3. The van der Waals surface area contributed by atoms with Crippen LogP contribution >= 0.6 is 22.9 Å². The zero-order valence-electron chi connectivity index (χ0n) is 14.3. The van der Waals surface area contributed by atoms with E-state index in [1.807, 2.05) is 48.7 Å². The van der Waals surface area contributed by atoms with Crippen LogP contribution in [-0.2, 0) is 22.9 Å². The quantitative estimate of drug-likeness (QED) is 0.626. The number of hydrogen-bond acceptors (Lipinski definition) is 4. The molecule has 0 saturated carbocycles. The van der Waals surface area contributed by atoms with E-state index in [4.69, 9.17) is 11.6 Å². The minimum absolute atomic E-state index is 0.287. The summed E-state index contributed by atoms with van der Waals surface area (Å²) in [6, 6.07) is 14.5. The van der Waals surface area contributed by atoms with E-state index in [2.05, 4.69) is 9.71 Å². The van der Waals surface area contributed by atoms with E-state index < -0.39 is 10.0 Å². The van der Waals surface area contributed by atoms with E-state index in [1.165, 1.54) is 11.3 Å². The van der Waals surface area contributed by atoms with Crippen molar-refractivity contribution in [3.05, 3.63) is 70.2 Å². The molecule has 1 aromatic heterocycles. The standard InChI is InChI=1S/C19H19ClN2O2S2/c1-2-14-3-9-18(10-4-14)26(23,24)21-12-11-17-13-25-19(22-17)15-5-7-16(20)8-6-15/h3-10,13,21H,2,11-12H2,1H3. The summed E-state index contributed by atoms with van der Waals surface area (Å²) in [5.74, 6) is 0. The van der Waals surface area contributed by atoms with Gasteiger partial charge < -0.3 is 0 Å². The smallest absolute Gasteiger partial charge is 0.240 e. The van der Waals surface area contributed by atoms with Crippen LogP contribution in [0.1, 0.15) is 18.2 Å². The van der Waals surface area contributed by atoms with Crippen LogP contribution in [0.4, 0.5) is 0 Å². The molecule has 0 aliphatic rings. The zero-order valence-corrected chi connectivity index (χ0v) is 16.7. The van der Waals surface area contributed by atoms with Gasteiger partial charge in [0.1, 0.15) is 5.01 Å². The highest BCUT2D eigenvalue weighted by molar-refractivity contribution is 7.89. The van der Waals surface area contributed by atoms with Crippen molar-refractivity contribution in [2.24, 2.45) is 0 Å². The maximum atomic E-state index is 12.3. The summed E-state index contributed by atoms with van der Waals surface area (Å²) in [6.45, 7) is 2.34. The maximum absolute atomic E-state index is 12.3. The lowest BCUT2D eigenvalue weighted by molar-refractivity contribution is 0.581. The lowest BCUT2D eigenvalue weighted by atomic mass is 10.2. The van der Waals surface area contributed by atoms with Gasteiger partial charge in [0.15, 0.2) is 0 Å². The minimum Gasteiger partial charge on any atom is -0.241 e. The first-order valence-corrected chi connectivity index (χ1v) is 11.0. The highest BCUT2D eigenvalue weighted by atomic mass is 35.5. The second-order valence-corrected chi connectivity index (χ2v) is 8.86. The number of benzene rings is 2. The zero-order chi connectivity index (χ0) is 18.6. The molecule has 7 heteroatoms. The number of hydrogen-bond donors (Lipinski definition) is 1. The normalized spacial score (nSPS) is 11.6. The van der Waals surface area contributed by atoms with Gasteiger partial charge in [-0.3, -0.25) is 0 Å². The van der Waals surface area contributed by atoms with Gasteiger partial charge in [-0.15, -0.1) is 11.3 Å². The van der Waals surface area contributed by atoms with E-state index in [1.54, 1.807) is 12.1 Å². The molecule has 26 heavy (non-hydrogen) atoms. The molecule has 0 atom stereocenters. The largest absolute Gasteiger partial charge is 0.241 e. The van der Waals surface area contributed by atoms with Crippen LogP contribution in [0.2, 0.25) is 5.02 Å². The Kier molecular flexibility index (Phi) is 6.09. The van der Waals surface area contributed by atoms with Gasteiger partial charge in [0.2, 0.25) is 10.0 Å². The number of rotatable bonds is 7. The molecule has 0 spiro atoms. The van der Waals surface area contributed by atoms with Crippen molar-refractivity contribution in [3.8, 4) is 10.6 Å². The van der Waals surface area contributed by atoms with Crippen LogP contribution in [0.25, 0.3) is 10.6 Å². The molecule has 1 heterocycles. The summed E-state index contributed by atoms with van der Waals surface area (Å²) in [6.07, 6.45) is 1.42. The van der Waals surface area contributed by atoms with Gasteiger partial charge >= 0.3 is 0 Å². The van der Waals surface area contributed by atoms with Gasteiger partial charge in [-0.25, -0.2) is 18.1 Å². The fourth-order valence-corrected chi connectivity index (χ4v) is 4.47. The van der Waals surface area contributed by atoms with Crippen LogP contribution in [0.3, 0.4) is 0 Å². The van der Waals surface area contributed by atoms with Crippen molar-refractivity contribution in [2.75, 3.05) is 6.54 Å². The first-order valence-electron chi connectivity index (χ1n) is 8.27. The Balaban J connectivity index is 1.60. The molecule has 0 saturated heterocycles. The van der Waals surface area contributed by atoms with Gasteiger partial charge in [0, 0.05) is 28.9 Å². The fourth-order valence-electron chi connectivity index (χ4n) is 2.45. The van der Waals surface area contributed by atoms with E-state index in [0.29, 0.717) is 18.0 Å². The Morgan fingerprint density at radius 3 is 2.42 bits per heavy atom. The van der Waals surface area contributed by atoms with E-state index in [0.717, 1.165) is 28.2 Å². The summed E-state index contributed by atoms with van der Waals surface area (Å²) >= 11 is 7.44. The Labute approximate surface area is 162 Å². The minimum atomic E-state index is -3.49. The summed E-state index contributed by atoms with van der Waals surface area (Å²) in [5.41, 5.74) is 2.98. The van der Waals surface area contributed by atoms with Gasteiger partial charge in [0.05, 0.1) is 10.6 Å². The molecule has 2 aromatic carbocycles. The highest BCUT2D eigenvalue weighted by Crippen LogP contribution is 2.25. The topological polar surface area (TPSA) is 59.1 Å². The predicted molar refractivity (Wildman–Crippen MR) is 107 cm³/mol. The average Bonchev–Trinajstić information content (AvgIpc) is 3.11. The third kappa shape index (κ3) is 4.71. The van der Waals surface area contributed by atoms with Crippen molar-refractivity contribution in [3.63, 3.8) is 0 Å². The molecular weight excluding hydrogens is 388 g/mol. The van der Waals surface area contributed by atoms with Crippen molar-refractivity contribution in [1.29, 1.82) is 0 Å². The number of thiazole rings is 1. The van der Waals surface area contributed by atoms with E-state index >= 15 is 0 Å². The van der Waals surface area contributed by atoms with Crippen molar-refractivity contribution < 1.29 is 8.42 Å². The van der Waals surface area contributed by atoms with Crippen LogP contribution in [-0.4, -0.2) is 19.9 Å². The molecule has 0 radical (unpaired) electrons. The Hall–Kier alpha value is -1.73. The Bertz CT molecular complexity index is 966. The number of aromatic nitrogens is 1. The molecule has 3 aromatic rings. The molecule has 0 amide bonds. The van der Waals surface area contributed by atoms with Crippen LogP contribution in [0.15, 0.2) is 58.8 Å². The molecule has 0 unspecified atom stereocenters. The van der Waals surface area contributed by atoms with Crippen LogP contribution in [0.5, 0.6) is 0 Å². The Morgan fingerprint density at radius 2 is 1.77 bits per heavy atom. The van der Waals surface area contributed by atoms with E-state index in [9.17, 15) is 8.42 Å². The number of aryl methyl sites for hydroxylation is 1. The monoisotopic (exact) mass is 406 g/mol. The molecule has 0 aliphatic carbocycles. The third-order valence-electron chi connectivity index (χ3n) is 3.96. The lowest BCUT2D eigenvalue weighted by Crippen LogP contribution is -2.26. The van der Waals surface area contributed by atoms with Gasteiger partial charge in [-0.1, -0.05) is 42.8 Å². The molecule has 4 nitrogen and oxygen atoms in total. The SMILES string of the molecule is CCc1ccc(S(=O)(=O)NCCc2csc(-c3ccc(Cl)cc3)n2)cc1. The number of nitrogens with one attached hydrogen (secondary N) is 1. The van der Waals surface area contributed by atoms with E-state index in [-0.39, 0.29) is 4.90 Å². The molecule has 0 bridgehead atoms. The molecule has 0 aliphatic heterocycles. The number of nitrogens with zero attached hydrogens (tertiary/aromatic N) is 1. The van der Waals surface area contributed by atoms with Crippen LogP contribution < -0.4 is 4.72 Å². The number of sulfonamides is 1. The number of halogens is 1. The Morgan fingerprint density at radius 1 is 1.08 bits per heavy atom. The highest BCUT2D eigenvalue weighted by Gasteiger charge is 2.13. The van der Waals surface area contributed by atoms with Gasteiger partial charge in [-0.2, -0.15) is 0 Å². The maximum Gasteiger partial charge on any atom is 0.240 e. The summed E-state index contributed by atoms with van der Waals surface area (Å²) in [7, 11) is -3.49. The molecule has 1 N–H and O–H groups in total. The third-order valence-corrected chi connectivity index (χ3v) is 6.63. The molecular formula is C19H19ClN2O2S2. The molecule has 0 fully saturated rings. The molecule has 3 rings (SSSR count). The van der Waals surface area contributed by atoms with Crippen molar-refractivity contribution in [1.82, 2.24) is 9.71 Å². The summed E-state index contributed by atoms with van der Waals surface area (Å²) in [4.78, 5) is 4.85. The van der Waals surface area contributed by atoms with Crippen molar-refractivity contribution >= 4 is 33.0 Å². The average molecular weight is 407 g/mol. The van der Waals surface area contributed by atoms with Crippen molar-refractivity contribution in [2.45, 2.75) is 24.7 Å². The second-order valence-electron chi connectivity index (χ2n) is 5.80. The fraction of sp³-hybridized carbons (Fsp3) is 0.211. The first kappa shape index (κ1) is 19.0. The lowest BCUT2D eigenvalue weighted by Gasteiger charge is -2.06. The first-order chi connectivity index (χ1) is 12.5. The predicted octanol–water partition coefficient (Wildman–Crippen LogP) is 4.55. The van der Waals surface area contributed by atoms with Crippen LogP contribution in [0, 0.1) is 0 Å². The summed E-state index contributed by atoms with van der Waals surface area (Å²) in [5, 5.41) is 3.54.